The number of hydrogen-bond acceptors (Lipinski definition) is 2. The third-order valence-electron chi connectivity index (χ3n) is 0.175. The van der Waals surface area contributed by atoms with E-state index in [-0.39, 0.29) is 5.12 Å². The summed E-state index contributed by atoms with van der Waals surface area (Å²) in [5.74, 6) is 0. The molecule has 0 spiro atoms. The Morgan fingerprint density at radius 2 is 1.75 bits per heavy atom. The third kappa shape index (κ3) is 41.7. The Morgan fingerprint density at radius 1 is 1.62 bits per heavy atom. The van der Waals surface area contributed by atoms with Crippen molar-refractivity contribution in [2.45, 2.75) is 0 Å². The van der Waals surface area contributed by atoms with Gasteiger partial charge in [0.25, 0.3) is 0 Å². The van der Waals surface area contributed by atoms with Gasteiger partial charge in [0.2, 0.25) is 5.12 Å². The van der Waals surface area contributed by atoms with Crippen LogP contribution < -0.4 is 0 Å². The molecule has 8 heavy (non-hydrogen) atoms. The predicted octanol–water partition coefficient (Wildman–Crippen LogP) is 0.735. The van der Waals surface area contributed by atoms with E-state index in [0.717, 1.165) is 6.08 Å². The van der Waals surface area contributed by atoms with Crippen LogP contribution >= 0.6 is 25.3 Å². The molecular weight excluding hydrogens is 144 g/mol. The smallest absolute Gasteiger partial charge is 0.208 e. The van der Waals surface area contributed by atoms with Crippen LogP contribution in [-0.4, -0.2) is 10.7 Å². The first-order valence-corrected chi connectivity index (χ1v) is 2.58. The van der Waals surface area contributed by atoms with E-state index in [1.54, 1.807) is 0 Å². The summed E-state index contributed by atoms with van der Waals surface area (Å²) in [5.41, 5.74) is 0.444. The Balaban J connectivity index is 0. The highest BCUT2D eigenvalue weighted by Crippen LogP contribution is 1.72. The van der Waals surface area contributed by atoms with Crippen molar-refractivity contribution >= 4 is 36.0 Å². The van der Waals surface area contributed by atoms with Crippen LogP contribution in [0.2, 0.25) is 0 Å². The van der Waals surface area contributed by atoms with Gasteiger partial charge in [-0.1, -0.05) is 6.58 Å². The lowest BCUT2D eigenvalue weighted by atomic mass is 10.7. The molecule has 0 aromatic rings. The van der Waals surface area contributed by atoms with Crippen LogP contribution in [0.3, 0.4) is 0 Å². The lowest BCUT2D eigenvalue weighted by Gasteiger charge is -1.61. The fourth-order valence-corrected chi connectivity index (χ4v) is 0. The minimum absolute atomic E-state index is 0.287. The second kappa shape index (κ2) is 9.91. The zero-order valence-corrected chi connectivity index (χ0v) is 5.86. The Hall–Kier alpha value is -0.220. The van der Waals surface area contributed by atoms with E-state index in [1.165, 1.54) is 0 Å². The largest absolute Gasteiger partial charge is 0.291 e. The number of rotatable bonds is 1. The predicted molar refractivity (Wildman–Crippen MR) is 39.9 cm³/mol. The fraction of sp³-hybridized carbons (Fsp3) is 0. The lowest BCUT2D eigenvalue weighted by molar-refractivity contribution is -0.106. The van der Waals surface area contributed by atoms with Gasteiger partial charge in [0.05, 0.1) is 0 Å². The molecule has 0 N–H and O–H groups in total. The van der Waals surface area contributed by atoms with Gasteiger partial charge in [-0.2, -0.15) is 0 Å². The molecule has 0 aliphatic rings. The lowest BCUT2D eigenvalue weighted by Crippen LogP contribution is -1.68. The molecule has 0 aliphatic heterocycles. The van der Waals surface area contributed by atoms with E-state index < -0.39 is 0 Å². The molecule has 2 nitrogen and oxygen atoms in total. The third-order valence-corrected chi connectivity index (χ3v) is 0.357. The molecule has 0 aliphatic carbocycles. The zero-order chi connectivity index (χ0) is 6.99. The standard InChI is InChI=1S/C3H4OS.CH2OS/c1-2-3(4)5;2-1-3/h2H,1H2,(H,4,5);1H,(H,2,3). The second-order valence-corrected chi connectivity index (χ2v) is 1.30. The van der Waals surface area contributed by atoms with Crippen molar-refractivity contribution in [2.24, 2.45) is 0 Å². The molecule has 0 saturated carbocycles. The number of thiol groups is 2. The summed E-state index contributed by atoms with van der Waals surface area (Å²) in [5, 5.41) is -0.287. The highest BCUT2D eigenvalue weighted by molar-refractivity contribution is 7.97. The summed E-state index contributed by atoms with van der Waals surface area (Å²) < 4.78 is 0. The van der Waals surface area contributed by atoms with Crippen LogP contribution in [0.5, 0.6) is 0 Å². The van der Waals surface area contributed by atoms with E-state index in [4.69, 9.17) is 4.79 Å². The molecule has 0 bridgehead atoms. The van der Waals surface area contributed by atoms with Gasteiger partial charge in [0, 0.05) is 0 Å². The minimum Gasteiger partial charge on any atom is -0.291 e. The molecular formula is C4H6O2S2. The molecule has 0 fully saturated rings. The van der Waals surface area contributed by atoms with Crippen molar-refractivity contribution < 1.29 is 9.59 Å². The Labute approximate surface area is 58.8 Å². The topological polar surface area (TPSA) is 34.1 Å². The average Bonchev–Trinajstić information content (AvgIpc) is 1.69. The highest BCUT2D eigenvalue weighted by atomic mass is 32.1. The Kier molecular flexibility index (Phi) is 13.3. The van der Waals surface area contributed by atoms with Gasteiger partial charge in [-0.15, -0.1) is 25.3 Å². The summed E-state index contributed by atoms with van der Waals surface area (Å²) in [6.45, 7) is 3.13. The van der Waals surface area contributed by atoms with Gasteiger partial charge in [-0.3, -0.25) is 9.59 Å². The molecule has 0 saturated heterocycles. The summed E-state index contributed by atoms with van der Waals surface area (Å²) in [7, 11) is 0. The Morgan fingerprint density at radius 3 is 1.75 bits per heavy atom. The van der Waals surface area contributed by atoms with Crippen LogP contribution in [0.4, 0.5) is 0 Å². The van der Waals surface area contributed by atoms with E-state index in [1.807, 2.05) is 0 Å². The van der Waals surface area contributed by atoms with Crippen molar-refractivity contribution in [3.63, 3.8) is 0 Å². The molecule has 0 unspecified atom stereocenters. The summed E-state index contributed by atoms with van der Waals surface area (Å²) in [6, 6.07) is 0. The van der Waals surface area contributed by atoms with Crippen molar-refractivity contribution in [3.05, 3.63) is 12.7 Å². The molecule has 0 rings (SSSR count). The maximum absolute atomic E-state index is 9.56. The molecule has 0 atom stereocenters. The number of hydrogen-bond donors (Lipinski definition) is 2. The van der Waals surface area contributed by atoms with E-state index in [0.29, 0.717) is 5.62 Å². The molecule has 4 heteroatoms. The summed E-state index contributed by atoms with van der Waals surface area (Å²) >= 11 is 6.45. The molecule has 0 radical (unpaired) electrons. The van der Waals surface area contributed by atoms with Crippen LogP contribution in [0, 0.1) is 0 Å². The maximum Gasteiger partial charge on any atom is 0.208 e. The highest BCUT2D eigenvalue weighted by Gasteiger charge is 1.71. The van der Waals surface area contributed by atoms with Gasteiger partial charge >= 0.3 is 0 Å². The Bertz CT molecular complexity index is 90.0. The second-order valence-electron chi connectivity index (χ2n) is 0.648. The fourth-order valence-electron chi connectivity index (χ4n) is 0. The van der Waals surface area contributed by atoms with Crippen LogP contribution in [0.25, 0.3) is 0 Å². The van der Waals surface area contributed by atoms with E-state index in [9.17, 15) is 4.79 Å². The molecule has 0 amide bonds. The maximum atomic E-state index is 9.56. The van der Waals surface area contributed by atoms with Crippen LogP contribution in [0.1, 0.15) is 0 Å². The molecule has 46 valence electrons. The van der Waals surface area contributed by atoms with Crippen molar-refractivity contribution in [2.75, 3.05) is 0 Å². The van der Waals surface area contributed by atoms with Crippen LogP contribution in [0.15, 0.2) is 12.7 Å². The average molecular weight is 150 g/mol. The van der Waals surface area contributed by atoms with Gasteiger partial charge in [0.15, 0.2) is 5.62 Å². The molecule has 0 aromatic carbocycles. The first kappa shape index (κ1) is 10.7. The van der Waals surface area contributed by atoms with Crippen molar-refractivity contribution in [1.82, 2.24) is 0 Å². The summed E-state index contributed by atoms with van der Waals surface area (Å²) in [6.07, 6.45) is 1.14. The van der Waals surface area contributed by atoms with Gasteiger partial charge < -0.3 is 0 Å². The number of carbonyl (C=O) groups is 2. The van der Waals surface area contributed by atoms with Crippen molar-refractivity contribution in [3.8, 4) is 0 Å². The monoisotopic (exact) mass is 150 g/mol. The SMILES string of the molecule is C=CC(=O)S.O=CS. The first-order chi connectivity index (χ1) is 3.68. The minimum atomic E-state index is -0.287. The molecule has 0 heterocycles. The van der Waals surface area contributed by atoms with Gasteiger partial charge in [0.1, 0.15) is 0 Å². The normalized spacial score (nSPS) is 5.75. The zero-order valence-electron chi connectivity index (χ0n) is 4.07. The first-order valence-electron chi connectivity index (χ1n) is 1.62. The van der Waals surface area contributed by atoms with E-state index in [2.05, 4.69) is 31.8 Å². The van der Waals surface area contributed by atoms with Crippen molar-refractivity contribution in [1.29, 1.82) is 0 Å². The number of carbonyl (C=O) groups excluding carboxylic acids is 2. The molecule has 0 aromatic heterocycles. The quantitative estimate of drug-likeness (QED) is 0.328. The van der Waals surface area contributed by atoms with Crippen LogP contribution in [-0.2, 0) is 9.59 Å². The summed E-state index contributed by atoms with van der Waals surface area (Å²) in [4.78, 5) is 18.2. The van der Waals surface area contributed by atoms with E-state index >= 15 is 0 Å². The van der Waals surface area contributed by atoms with Gasteiger partial charge in [-0.05, 0) is 6.08 Å². The van der Waals surface area contributed by atoms with Gasteiger partial charge in [-0.25, -0.2) is 0 Å².